The number of halogens is 2. The largest absolute Gasteiger partial charge is 0.435 e. The first-order valence-electron chi connectivity index (χ1n) is 10.6. The van der Waals surface area contributed by atoms with Crippen LogP contribution < -0.4 is 20.3 Å². The number of benzene rings is 1. The molecule has 0 unspecified atom stereocenters. The second-order valence-electron chi connectivity index (χ2n) is 7.92. The molecule has 1 aromatic carbocycles. The maximum absolute atomic E-state index is 12.7. The number of fused-ring (bicyclic) bond motifs is 1. The van der Waals surface area contributed by atoms with E-state index in [9.17, 15) is 13.6 Å². The number of anilines is 3. The monoisotopic (exact) mass is 465 g/mol. The standard InChI is InChI=1S/C23H21F2N7O2/c1-14-2-3-15(22(33)30-21-9-17(4-5-27-21)34-23(24)25)8-18(14)29-16-12-31(13-16)19-11-28-32-7-6-26-10-20(19)32/h2-11,16,23,29H,12-13H2,1H3,(H,27,30,33). The lowest BCUT2D eigenvalue weighted by atomic mass is 10.0. The van der Waals surface area contributed by atoms with E-state index in [0.29, 0.717) is 5.56 Å². The Morgan fingerprint density at radius 3 is 2.85 bits per heavy atom. The van der Waals surface area contributed by atoms with Gasteiger partial charge in [-0.2, -0.15) is 13.9 Å². The number of nitrogens with one attached hydrogen (secondary N) is 2. The molecule has 0 bridgehead atoms. The maximum atomic E-state index is 12.7. The number of rotatable bonds is 7. The molecule has 0 atom stereocenters. The van der Waals surface area contributed by atoms with Crippen molar-refractivity contribution in [1.82, 2.24) is 19.6 Å². The van der Waals surface area contributed by atoms with Crippen molar-refractivity contribution in [2.24, 2.45) is 0 Å². The molecule has 1 saturated heterocycles. The molecule has 9 nitrogen and oxygen atoms in total. The molecule has 4 aromatic rings. The average Bonchev–Trinajstić information content (AvgIpc) is 3.20. The molecule has 1 fully saturated rings. The molecule has 3 aromatic heterocycles. The summed E-state index contributed by atoms with van der Waals surface area (Å²) in [6, 6.07) is 8.07. The van der Waals surface area contributed by atoms with Gasteiger partial charge in [0.05, 0.1) is 24.1 Å². The Morgan fingerprint density at radius 1 is 1.18 bits per heavy atom. The Bertz CT molecular complexity index is 1340. The molecule has 5 rings (SSSR count). The van der Waals surface area contributed by atoms with Gasteiger partial charge in [-0.25, -0.2) is 9.50 Å². The lowest BCUT2D eigenvalue weighted by Gasteiger charge is -2.41. The number of alkyl halides is 2. The van der Waals surface area contributed by atoms with Gasteiger partial charge < -0.3 is 20.3 Å². The van der Waals surface area contributed by atoms with E-state index >= 15 is 0 Å². The summed E-state index contributed by atoms with van der Waals surface area (Å²) < 4.78 is 31.0. The summed E-state index contributed by atoms with van der Waals surface area (Å²) in [6.45, 7) is 0.577. The molecule has 34 heavy (non-hydrogen) atoms. The van der Waals surface area contributed by atoms with E-state index in [1.807, 2.05) is 25.4 Å². The Balaban J connectivity index is 1.23. The van der Waals surface area contributed by atoms with Gasteiger partial charge in [0, 0.05) is 49.0 Å². The van der Waals surface area contributed by atoms with E-state index in [1.165, 1.54) is 18.3 Å². The summed E-state index contributed by atoms with van der Waals surface area (Å²) in [7, 11) is 0. The SMILES string of the molecule is Cc1ccc(C(=O)Nc2cc(OC(F)F)ccn2)cc1NC1CN(c2cnn3ccncc23)C1. The smallest absolute Gasteiger partial charge is 0.387 e. The van der Waals surface area contributed by atoms with Crippen LogP contribution in [-0.4, -0.2) is 51.2 Å². The highest BCUT2D eigenvalue weighted by atomic mass is 19.3. The van der Waals surface area contributed by atoms with Crippen molar-refractivity contribution in [2.45, 2.75) is 19.6 Å². The van der Waals surface area contributed by atoms with Gasteiger partial charge in [0.2, 0.25) is 0 Å². The van der Waals surface area contributed by atoms with E-state index in [0.717, 1.165) is 35.5 Å². The molecule has 4 heterocycles. The summed E-state index contributed by atoms with van der Waals surface area (Å²) in [5.41, 5.74) is 4.25. The van der Waals surface area contributed by atoms with Crippen LogP contribution in [0.25, 0.3) is 5.52 Å². The highest BCUT2D eigenvalue weighted by Gasteiger charge is 2.29. The number of pyridine rings is 1. The molecule has 1 amide bonds. The quantitative estimate of drug-likeness (QED) is 0.431. The molecule has 174 valence electrons. The third-order valence-electron chi connectivity index (χ3n) is 5.58. The van der Waals surface area contributed by atoms with Gasteiger partial charge in [0.25, 0.3) is 5.91 Å². The van der Waals surface area contributed by atoms with Gasteiger partial charge in [-0.3, -0.25) is 9.78 Å². The van der Waals surface area contributed by atoms with Crippen molar-refractivity contribution in [3.8, 4) is 5.75 Å². The zero-order valence-corrected chi connectivity index (χ0v) is 18.2. The highest BCUT2D eigenvalue weighted by molar-refractivity contribution is 6.04. The molecule has 2 N–H and O–H groups in total. The van der Waals surface area contributed by atoms with E-state index in [1.54, 1.807) is 29.0 Å². The summed E-state index contributed by atoms with van der Waals surface area (Å²) in [6.07, 6.45) is 8.42. The van der Waals surface area contributed by atoms with Crippen LogP contribution in [0.5, 0.6) is 5.75 Å². The fourth-order valence-corrected chi connectivity index (χ4v) is 3.81. The van der Waals surface area contributed by atoms with Crippen LogP contribution in [0.4, 0.5) is 26.0 Å². The number of hydrogen-bond donors (Lipinski definition) is 2. The molecule has 1 aliphatic heterocycles. The van der Waals surface area contributed by atoms with Crippen molar-refractivity contribution in [3.05, 3.63) is 72.4 Å². The zero-order valence-electron chi connectivity index (χ0n) is 18.2. The average molecular weight is 465 g/mol. The van der Waals surface area contributed by atoms with Gasteiger partial charge in [-0.15, -0.1) is 0 Å². The Hall–Kier alpha value is -4.28. The number of carbonyl (C=O) groups is 1. The first-order chi connectivity index (χ1) is 16.5. The zero-order chi connectivity index (χ0) is 23.7. The normalized spacial score (nSPS) is 13.7. The number of aromatic nitrogens is 4. The van der Waals surface area contributed by atoms with Crippen LogP contribution in [0.1, 0.15) is 15.9 Å². The third-order valence-corrected chi connectivity index (χ3v) is 5.58. The van der Waals surface area contributed by atoms with Crippen molar-refractivity contribution < 1.29 is 18.3 Å². The molecule has 1 aliphatic rings. The third kappa shape index (κ3) is 4.45. The number of ether oxygens (including phenoxy) is 1. The lowest BCUT2D eigenvalue weighted by Crippen LogP contribution is -2.55. The molecule has 0 saturated carbocycles. The predicted octanol–water partition coefficient (Wildman–Crippen LogP) is 3.59. The number of carbonyl (C=O) groups excluding carboxylic acids is 1. The second kappa shape index (κ2) is 8.93. The van der Waals surface area contributed by atoms with E-state index in [2.05, 4.69) is 35.3 Å². The van der Waals surface area contributed by atoms with Crippen molar-refractivity contribution in [1.29, 1.82) is 0 Å². The van der Waals surface area contributed by atoms with E-state index in [-0.39, 0.29) is 17.6 Å². The van der Waals surface area contributed by atoms with Crippen LogP contribution in [0.2, 0.25) is 0 Å². The molecule has 0 spiro atoms. The molecule has 0 radical (unpaired) electrons. The van der Waals surface area contributed by atoms with Crippen LogP contribution >= 0.6 is 0 Å². The fraction of sp³-hybridized carbons (Fsp3) is 0.217. The van der Waals surface area contributed by atoms with Gasteiger partial charge >= 0.3 is 6.61 Å². The number of aryl methyl sites for hydroxylation is 1. The Labute approximate surface area is 193 Å². The summed E-state index contributed by atoms with van der Waals surface area (Å²) in [5.74, 6) is -0.363. The maximum Gasteiger partial charge on any atom is 0.387 e. The number of nitrogens with zero attached hydrogens (tertiary/aromatic N) is 5. The minimum atomic E-state index is -2.95. The minimum absolute atomic E-state index is 0.0805. The minimum Gasteiger partial charge on any atom is -0.435 e. The van der Waals surface area contributed by atoms with Crippen LogP contribution in [0.3, 0.4) is 0 Å². The summed E-state index contributed by atoms with van der Waals surface area (Å²) in [5, 5.41) is 10.5. The Kier molecular flexibility index (Phi) is 5.66. The van der Waals surface area contributed by atoms with Crippen molar-refractivity contribution >= 4 is 28.6 Å². The van der Waals surface area contributed by atoms with Gasteiger partial charge in [0.15, 0.2) is 0 Å². The van der Waals surface area contributed by atoms with Gasteiger partial charge in [-0.1, -0.05) is 6.07 Å². The summed E-state index contributed by atoms with van der Waals surface area (Å²) in [4.78, 5) is 23.1. The van der Waals surface area contributed by atoms with Crippen molar-refractivity contribution in [2.75, 3.05) is 28.6 Å². The molecular weight excluding hydrogens is 444 g/mol. The first-order valence-corrected chi connectivity index (χ1v) is 10.6. The Morgan fingerprint density at radius 2 is 2.03 bits per heavy atom. The first kappa shape index (κ1) is 21.6. The molecule has 11 heteroatoms. The second-order valence-corrected chi connectivity index (χ2v) is 7.92. The lowest BCUT2D eigenvalue weighted by molar-refractivity contribution is -0.0498. The molecule has 0 aliphatic carbocycles. The predicted molar refractivity (Wildman–Crippen MR) is 123 cm³/mol. The topological polar surface area (TPSA) is 96.7 Å². The van der Waals surface area contributed by atoms with Crippen LogP contribution in [0, 0.1) is 6.92 Å². The van der Waals surface area contributed by atoms with Gasteiger partial charge in [0.1, 0.15) is 17.1 Å². The number of hydrogen-bond acceptors (Lipinski definition) is 7. The highest BCUT2D eigenvalue weighted by Crippen LogP contribution is 2.28. The number of amides is 1. The van der Waals surface area contributed by atoms with Crippen LogP contribution in [-0.2, 0) is 0 Å². The van der Waals surface area contributed by atoms with Crippen molar-refractivity contribution in [3.63, 3.8) is 0 Å². The molecular formula is C23H21F2N7O2. The van der Waals surface area contributed by atoms with Gasteiger partial charge in [-0.05, 0) is 30.7 Å². The van der Waals surface area contributed by atoms with Crippen LogP contribution in [0.15, 0.2) is 61.3 Å². The summed E-state index contributed by atoms with van der Waals surface area (Å²) >= 11 is 0. The van der Waals surface area contributed by atoms with E-state index in [4.69, 9.17) is 0 Å². The fourth-order valence-electron chi connectivity index (χ4n) is 3.81. The van der Waals surface area contributed by atoms with E-state index < -0.39 is 12.5 Å².